The molecule has 0 atom stereocenters. The first-order chi connectivity index (χ1) is 9.75. The lowest BCUT2D eigenvalue weighted by Gasteiger charge is -2.18. The second-order valence-electron chi connectivity index (χ2n) is 5.86. The number of benzene rings is 2. The molecule has 0 unspecified atom stereocenters. The highest BCUT2D eigenvalue weighted by Crippen LogP contribution is 2.20. The Bertz CT molecular complexity index is 919. The highest BCUT2D eigenvalue weighted by atomic mass is 19.1. The lowest BCUT2D eigenvalue weighted by atomic mass is 9.86. The number of rotatable bonds is 0. The molecule has 0 saturated heterocycles. The van der Waals surface area contributed by atoms with Crippen LogP contribution < -0.4 is 10.4 Å². The molecule has 20 heavy (non-hydrogen) atoms. The first-order valence-electron chi connectivity index (χ1n) is 7.35. The van der Waals surface area contributed by atoms with Gasteiger partial charge >= 0.3 is 0 Å². The highest BCUT2D eigenvalue weighted by molar-refractivity contribution is 5.52. The van der Waals surface area contributed by atoms with E-state index in [1.807, 2.05) is 12.1 Å². The molecule has 2 aliphatic carbocycles. The van der Waals surface area contributed by atoms with Crippen LogP contribution in [0.4, 0.5) is 4.39 Å². The Hall–Kier alpha value is -1.89. The zero-order valence-corrected chi connectivity index (χ0v) is 11.7. The summed E-state index contributed by atoms with van der Waals surface area (Å²) in [7, 11) is 0. The van der Waals surface area contributed by atoms with Gasteiger partial charge in [-0.05, 0) is 65.5 Å². The Balaban J connectivity index is 2.25. The van der Waals surface area contributed by atoms with Crippen LogP contribution >= 0.6 is 0 Å². The van der Waals surface area contributed by atoms with Crippen molar-refractivity contribution in [2.75, 3.05) is 0 Å². The maximum Gasteiger partial charge on any atom is 0.130 e. The van der Waals surface area contributed by atoms with Gasteiger partial charge in [0.15, 0.2) is 0 Å². The van der Waals surface area contributed by atoms with Crippen LogP contribution in [0.3, 0.4) is 0 Å². The topological polar surface area (TPSA) is 0 Å². The minimum atomic E-state index is -0.103. The summed E-state index contributed by atoms with van der Waals surface area (Å²) in [6, 6.07) is 9.83. The zero-order chi connectivity index (χ0) is 13.7. The Kier molecular flexibility index (Phi) is 2.56. The second-order valence-corrected chi connectivity index (χ2v) is 5.86. The second kappa shape index (κ2) is 4.31. The van der Waals surface area contributed by atoms with Gasteiger partial charge in [0, 0.05) is 5.22 Å². The van der Waals surface area contributed by atoms with E-state index in [0.29, 0.717) is 0 Å². The van der Waals surface area contributed by atoms with E-state index in [4.69, 9.17) is 0 Å². The number of halogens is 1. The molecular weight excluding hydrogens is 247 g/mol. The highest BCUT2D eigenvalue weighted by Gasteiger charge is 2.14. The summed E-state index contributed by atoms with van der Waals surface area (Å²) in [4.78, 5) is 0. The van der Waals surface area contributed by atoms with Crippen LogP contribution in [0.5, 0.6) is 0 Å². The van der Waals surface area contributed by atoms with E-state index in [0.717, 1.165) is 23.3 Å². The van der Waals surface area contributed by atoms with Crippen molar-refractivity contribution in [2.45, 2.75) is 32.6 Å². The molecule has 100 valence electrons. The van der Waals surface area contributed by atoms with Crippen LogP contribution in [0.2, 0.25) is 0 Å². The first-order valence-corrected chi connectivity index (χ1v) is 7.35. The lowest BCUT2D eigenvalue weighted by molar-refractivity contribution is 0.616. The van der Waals surface area contributed by atoms with Crippen molar-refractivity contribution in [1.82, 2.24) is 0 Å². The van der Waals surface area contributed by atoms with Crippen LogP contribution in [0.15, 0.2) is 30.3 Å². The van der Waals surface area contributed by atoms with Crippen molar-refractivity contribution in [3.05, 3.63) is 68.2 Å². The number of hydrogen-bond acceptors (Lipinski definition) is 0. The molecule has 0 N–H and O–H groups in total. The van der Waals surface area contributed by atoms with E-state index in [1.54, 1.807) is 6.07 Å². The maximum atomic E-state index is 13.9. The van der Waals surface area contributed by atoms with E-state index in [-0.39, 0.29) is 5.82 Å². The minimum Gasteiger partial charge on any atom is -0.206 e. The van der Waals surface area contributed by atoms with Gasteiger partial charge in [-0.1, -0.05) is 35.9 Å². The minimum absolute atomic E-state index is 0.103. The van der Waals surface area contributed by atoms with Crippen LogP contribution in [0.25, 0.3) is 11.6 Å². The van der Waals surface area contributed by atoms with Gasteiger partial charge in [0.1, 0.15) is 5.82 Å². The first kappa shape index (κ1) is 11.9. The van der Waals surface area contributed by atoms with E-state index < -0.39 is 0 Å². The smallest absolute Gasteiger partial charge is 0.130 e. The number of hydrogen-bond donors (Lipinski definition) is 0. The molecule has 2 aromatic rings. The summed E-state index contributed by atoms with van der Waals surface area (Å²) in [5, 5.41) is 4.49. The van der Waals surface area contributed by atoms with Crippen LogP contribution in [0.1, 0.15) is 30.9 Å². The molecule has 0 bridgehead atoms. The van der Waals surface area contributed by atoms with Crippen LogP contribution in [-0.2, 0) is 12.8 Å². The van der Waals surface area contributed by atoms with Crippen LogP contribution in [-0.4, -0.2) is 0 Å². The molecule has 2 aliphatic rings. The average molecular weight is 264 g/mol. The summed E-state index contributed by atoms with van der Waals surface area (Å²) < 4.78 is 13.9. The third-order valence-electron chi connectivity index (χ3n) is 4.72. The monoisotopic (exact) mass is 264 g/mol. The van der Waals surface area contributed by atoms with Gasteiger partial charge in [-0.25, -0.2) is 4.39 Å². The molecule has 0 nitrogen and oxygen atoms in total. The van der Waals surface area contributed by atoms with Gasteiger partial charge in [-0.3, -0.25) is 0 Å². The summed E-state index contributed by atoms with van der Waals surface area (Å²) in [6.07, 6.45) is 6.53. The van der Waals surface area contributed by atoms with Crippen molar-refractivity contribution >= 4 is 11.6 Å². The van der Waals surface area contributed by atoms with Crippen molar-refractivity contribution in [1.29, 1.82) is 0 Å². The predicted octanol–water partition coefficient (Wildman–Crippen LogP) is 2.96. The normalized spacial score (nSPS) is 16.0. The van der Waals surface area contributed by atoms with Gasteiger partial charge < -0.3 is 0 Å². The van der Waals surface area contributed by atoms with Crippen molar-refractivity contribution in [3.8, 4) is 0 Å². The maximum absolute atomic E-state index is 13.9. The van der Waals surface area contributed by atoms with Gasteiger partial charge in [-0.15, -0.1) is 0 Å². The van der Waals surface area contributed by atoms with E-state index >= 15 is 0 Å². The lowest BCUT2D eigenvalue weighted by Crippen LogP contribution is -2.22. The molecule has 0 amide bonds. The molecule has 4 rings (SSSR count). The summed E-state index contributed by atoms with van der Waals surface area (Å²) in [5.74, 6) is -0.103. The summed E-state index contributed by atoms with van der Waals surface area (Å²) in [6.45, 7) is 2.24. The molecule has 0 spiro atoms. The summed E-state index contributed by atoms with van der Waals surface area (Å²) in [5.41, 5.74) is 4.41. The van der Waals surface area contributed by atoms with Crippen LogP contribution in [0, 0.1) is 16.3 Å². The largest absolute Gasteiger partial charge is 0.206 e. The average Bonchev–Trinajstić information content (AvgIpc) is 2.47. The molecule has 0 radical (unpaired) electrons. The van der Waals surface area contributed by atoms with Gasteiger partial charge in [-0.2, -0.15) is 0 Å². The fraction of sp³-hybridized carbons (Fsp3) is 0.263. The molecule has 0 fully saturated rings. The van der Waals surface area contributed by atoms with Crippen molar-refractivity contribution < 1.29 is 4.39 Å². The predicted molar refractivity (Wildman–Crippen MR) is 80.0 cm³/mol. The molecule has 1 heteroatoms. The molecule has 0 heterocycles. The fourth-order valence-corrected chi connectivity index (χ4v) is 3.71. The fourth-order valence-electron chi connectivity index (χ4n) is 3.71. The van der Waals surface area contributed by atoms with E-state index in [9.17, 15) is 4.39 Å². The van der Waals surface area contributed by atoms with E-state index in [2.05, 4.69) is 25.1 Å². The quantitative estimate of drug-likeness (QED) is 0.686. The molecule has 2 aromatic carbocycles. The van der Waals surface area contributed by atoms with Gasteiger partial charge in [0.2, 0.25) is 0 Å². The third kappa shape index (κ3) is 1.59. The summed E-state index contributed by atoms with van der Waals surface area (Å²) >= 11 is 0. The molecule has 0 saturated carbocycles. The van der Waals surface area contributed by atoms with Gasteiger partial charge in [0.05, 0.1) is 0 Å². The Morgan fingerprint density at radius 2 is 1.75 bits per heavy atom. The van der Waals surface area contributed by atoms with Crippen molar-refractivity contribution in [3.63, 3.8) is 0 Å². The van der Waals surface area contributed by atoms with Gasteiger partial charge in [0.25, 0.3) is 0 Å². The molecule has 0 aromatic heterocycles. The molecule has 0 aliphatic heterocycles. The Labute approximate surface area is 117 Å². The third-order valence-corrected chi connectivity index (χ3v) is 4.72. The Morgan fingerprint density at radius 3 is 2.65 bits per heavy atom. The Morgan fingerprint density at radius 1 is 0.900 bits per heavy atom. The standard InChI is InChI=1S/C19H17F/c1-12-4-2-5-14-13(12)8-9-17-15-6-3-7-19(20)18(15)11-10-16(14)17/h3,6-9,11H,2,4-5,10H2,1H3. The van der Waals surface area contributed by atoms with Crippen molar-refractivity contribution in [2.24, 2.45) is 0 Å². The number of fused-ring (bicyclic) bond motifs is 4. The SMILES string of the molecule is CC1=c2ccc3c(c2CCC1)CC=c1c(F)cccc1=3. The van der Waals surface area contributed by atoms with E-state index in [1.165, 1.54) is 40.0 Å². The zero-order valence-electron chi connectivity index (χ0n) is 11.7. The molecular formula is C19H17F.